The standard InChI is InChI=1S/C35H58/c1-2-3-4-5-6-7-8-9-10-11-12-13-14-15-16-17-18-19-20-21-22-23-24-27-33-30-31-34-28-25-26-29-35(34)32-33/h25-26,28-32H,2-24,27H2,1H3. The van der Waals surface area contributed by atoms with Crippen LogP contribution in [0.5, 0.6) is 0 Å². The van der Waals surface area contributed by atoms with Gasteiger partial charge < -0.3 is 0 Å². The third-order valence-electron chi connectivity index (χ3n) is 7.88. The monoisotopic (exact) mass is 478 g/mol. The van der Waals surface area contributed by atoms with Crippen molar-refractivity contribution in [2.75, 3.05) is 0 Å². The van der Waals surface area contributed by atoms with E-state index in [2.05, 4.69) is 49.4 Å². The highest BCUT2D eigenvalue weighted by atomic mass is 14.0. The van der Waals surface area contributed by atoms with Gasteiger partial charge in [0.05, 0.1) is 0 Å². The Labute approximate surface area is 219 Å². The number of unbranched alkanes of at least 4 members (excludes halogenated alkanes) is 22. The lowest BCUT2D eigenvalue weighted by Gasteiger charge is -2.05. The van der Waals surface area contributed by atoms with E-state index in [0.29, 0.717) is 0 Å². The highest BCUT2D eigenvalue weighted by molar-refractivity contribution is 5.82. The Hall–Kier alpha value is -1.30. The summed E-state index contributed by atoms with van der Waals surface area (Å²) in [6.07, 6.45) is 34.7. The van der Waals surface area contributed by atoms with Crippen LogP contribution in [0.15, 0.2) is 42.5 Å². The summed E-state index contributed by atoms with van der Waals surface area (Å²) in [7, 11) is 0. The van der Waals surface area contributed by atoms with Gasteiger partial charge in [-0.1, -0.05) is 191 Å². The summed E-state index contributed by atoms with van der Waals surface area (Å²) in [4.78, 5) is 0. The van der Waals surface area contributed by atoms with Crippen molar-refractivity contribution in [3.05, 3.63) is 48.0 Å². The molecule has 0 aliphatic heterocycles. The van der Waals surface area contributed by atoms with Crippen molar-refractivity contribution in [3.63, 3.8) is 0 Å². The zero-order valence-corrected chi connectivity index (χ0v) is 23.5. The molecule has 0 fully saturated rings. The maximum absolute atomic E-state index is 2.38. The van der Waals surface area contributed by atoms with E-state index in [0.717, 1.165) is 0 Å². The molecule has 0 aliphatic rings. The largest absolute Gasteiger partial charge is 0.0654 e. The molecule has 0 heteroatoms. The molecule has 0 heterocycles. The Morgan fingerprint density at radius 1 is 0.371 bits per heavy atom. The molecule has 0 aliphatic carbocycles. The molecule has 0 unspecified atom stereocenters. The second-order valence-corrected chi connectivity index (χ2v) is 11.2. The Balaban J connectivity index is 1.24. The summed E-state index contributed by atoms with van der Waals surface area (Å²) in [6, 6.07) is 15.7. The summed E-state index contributed by atoms with van der Waals surface area (Å²) >= 11 is 0. The quantitative estimate of drug-likeness (QED) is 0.132. The topological polar surface area (TPSA) is 0 Å². The van der Waals surface area contributed by atoms with Crippen LogP contribution in [0.1, 0.15) is 160 Å². The number of hydrogen-bond donors (Lipinski definition) is 0. The average molecular weight is 479 g/mol. The molecule has 0 nitrogen and oxygen atoms in total. The Kier molecular flexibility index (Phi) is 18.8. The van der Waals surface area contributed by atoms with Crippen LogP contribution in [-0.2, 0) is 6.42 Å². The second kappa shape index (κ2) is 21.9. The van der Waals surface area contributed by atoms with E-state index in [1.54, 1.807) is 0 Å². The van der Waals surface area contributed by atoms with Crippen LogP contribution in [-0.4, -0.2) is 0 Å². The van der Waals surface area contributed by atoms with Gasteiger partial charge in [0.15, 0.2) is 0 Å². The summed E-state index contributed by atoms with van der Waals surface area (Å²) in [5, 5.41) is 2.75. The van der Waals surface area contributed by atoms with Crippen LogP contribution >= 0.6 is 0 Å². The molecule has 0 amide bonds. The first kappa shape index (κ1) is 29.9. The van der Waals surface area contributed by atoms with E-state index in [1.807, 2.05) is 0 Å². The maximum Gasteiger partial charge on any atom is -0.0181 e. The number of hydrogen-bond acceptors (Lipinski definition) is 0. The SMILES string of the molecule is CCCCCCCCCCCCCCCCCCCCCCCCCc1ccc2ccccc2c1. The lowest BCUT2D eigenvalue weighted by molar-refractivity contribution is 0.518. The van der Waals surface area contributed by atoms with Crippen LogP contribution in [0.3, 0.4) is 0 Å². The normalized spacial score (nSPS) is 11.5. The smallest absolute Gasteiger partial charge is 0.0181 e. The van der Waals surface area contributed by atoms with Gasteiger partial charge in [-0.15, -0.1) is 0 Å². The van der Waals surface area contributed by atoms with Crippen LogP contribution in [0.4, 0.5) is 0 Å². The summed E-state index contributed by atoms with van der Waals surface area (Å²) in [5.41, 5.74) is 1.51. The van der Waals surface area contributed by atoms with Crippen molar-refractivity contribution in [1.29, 1.82) is 0 Å². The van der Waals surface area contributed by atoms with Gasteiger partial charge in [-0.25, -0.2) is 0 Å². The molecule has 0 atom stereocenters. The van der Waals surface area contributed by atoms with Gasteiger partial charge in [-0.05, 0) is 29.2 Å². The third-order valence-corrected chi connectivity index (χ3v) is 7.88. The van der Waals surface area contributed by atoms with Crippen molar-refractivity contribution < 1.29 is 0 Å². The molecule has 0 N–H and O–H groups in total. The lowest BCUT2D eigenvalue weighted by Crippen LogP contribution is -1.87. The molecule has 0 bridgehead atoms. The Morgan fingerprint density at radius 2 is 0.743 bits per heavy atom. The average Bonchev–Trinajstić information content (AvgIpc) is 2.89. The number of fused-ring (bicyclic) bond motifs is 1. The number of benzene rings is 2. The number of rotatable bonds is 24. The predicted molar refractivity (Wildman–Crippen MR) is 160 cm³/mol. The molecule has 0 aromatic heterocycles. The highest BCUT2D eigenvalue weighted by Crippen LogP contribution is 2.18. The maximum atomic E-state index is 2.38. The number of aryl methyl sites for hydroxylation is 1. The lowest BCUT2D eigenvalue weighted by atomic mass is 10.0. The van der Waals surface area contributed by atoms with Gasteiger partial charge in [-0.2, -0.15) is 0 Å². The molecule has 198 valence electrons. The van der Waals surface area contributed by atoms with Crippen LogP contribution < -0.4 is 0 Å². The molecular weight excluding hydrogens is 420 g/mol. The predicted octanol–water partition coefficient (Wildman–Crippen LogP) is 12.4. The van der Waals surface area contributed by atoms with E-state index in [9.17, 15) is 0 Å². The van der Waals surface area contributed by atoms with Crippen molar-refractivity contribution in [3.8, 4) is 0 Å². The first-order chi connectivity index (χ1) is 17.4. The fourth-order valence-electron chi connectivity index (χ4n) is 5.51. The van der Waals surface area contributed by atoms with E-state index in [4.69, 9.17) is 0 Å². The van der Waals surface area contributed by atoms with Crippen molar-refractivity contribution in [2.24, 2.45) is 0 Å². The second-order valence-electron chi connectivity index (χ2n) is 11.2. The van der Waals surface area contributed by atoms with Crippen molar-refractivity contribution >= 4 is 10.8 Å². The first-order valence-corrected chi connectivity index (χ1v) is 15.9. The molecule has 2 rings (SSSR count). The van der Waals surface area contributed by atoms with Crippen LogP contribution in [0.2, 0.25) is 0 Å². The van der Waals surface area contributed by atoms with Gasteiger partial charge in [0.1, 0.15) is 0 Å². The molecular formula is C35H58. The molecule has 0 saturated carbocycles. The van der Waals surface area contributed by atoms with Crippen LogP contribution in [0.25, 0.3) is 10.8 Å². The zero-order chi connectivity index (χ0) is 24.7. The van der Waals surface area contributed by atoms with Gasteiger partial charge in [0, 0.05) is 0 Å². The molecule has 2 aromatic rings. The van der Waals surface area contributed by atoms with Gasteiger partial charge in [0.2, 0.25) is 0 Å². The van der Waals surface area contributed by atoms with Gasteiger partial charge >= 0.3 is 0 Å². The third kappa shape index (κ3) is 16.1. The molecule has 0 radical (unpaired) electrons. The minimum Gasteiger partial charge on any atom is -0.0654 e. The summed E-state index contributed by atoms with van der Waals surface area (Å²) in [5.74, 6) is 0. The van der Waals surface area contributed by atoms with Gasteiger partial charge in [-0.3, -0.25) is 0 Å². The highest BCUT2D eigenvalue weighted by Gasteiger charge is 1.98. The minimum absolute atomic E-state index is 1.24. The molecule has 2 aromatic carbocycles. The minimum atomic E-state index is 1.24. The van der Waals surface area contributed by atoms with E-state index >= 15 is 0 Å². The van der Waals surface area contributed by atoms with E-state index in [-0.39, 0.29) is 0 Å². The Bertz CT molecular complexity index is 715. The first-order valence-electron chi connectivity index (χ1n) is 15.9. The van der Waals surface area contributed by atoms with Crippen molar-refractivity contribution in [1.82, 2.24) is 0 Å². The van der Waals surface area contributed by atoms with Gasteiger partial charge in [0.25, 0.3) is 0 Å². The molecule has 0 spiro atoms. The molecule has 0 saturated heterocycles. The van der Waals surface area contributed by atoms with E-state index in [1.165, 1.54) is 170 Å². The van der Waals surface area contributed by atoms with Crippen LogP contribution in [0, 0.1) is 0 Å². The fourth-order valence-corrected chi connectivity index (χ4v) is 5.51. The summed E-state index contributed by atoms with van der Waals surface area (Å²) in [6.45, 7) is 2.30. The molecule has 35 heavy (non-hydrogen) atoms. The summed E-state index contributed by atoms with van der Waals surface area (Å²) < 4.78 is 0. The van der Waals surface area contributed by atoms with Crippen molar-refractivity contribution in [2.45, 2.75) is 161 Å². The van der Waals surface area contributed by atoms with E-state index < -0.39 is 0 Å². The zero-order valence-electron chi connectivity index (χ0n) is 23.5. The Morgan fingerprint density at radius 3 is 1.17 bits per heavy atom. The fraction of sp³-hybridized carbons (Fsp3) is 0.714.